The van der Waals surface area contributed by atoms with Crippen LogP contribution in [0.5, 0.6) is 0 Å². The van der Waals surface area contributed by atoms with E-state index in [-0.39, 0.29) is 5.82 Å². The van der Waals surface area contributed by atoms with Gasteiger partial charge in [0.05, 0.1) is 5.69 Å². The van der Waals surface area contributed by atoms with E-state index in [1.807, 2.05) is 0 Å². The Morgan fingerprint density at radius 2 is 2.00 bits per heavy atom. The van der Waals surface area contributed by atoms with Gasteiger partial charge in [-0.2, -0.15) is 0 Å². The van der Waals surface area contributed by atoms with E-state index in [2.05, 4.69) is 5.32 Å². The molecule has 0 spiro atoms. The first kappa shape index (κ1) is 9.31. The average Bonchev–Trinajstić information content (AvgIpc) is 2.62. The first-order valence-electron chi connectivity index (χ1n) is 5.07. The van der Waals surface area contributed by atoms with Gasteiger partial charge < -0.3 is 11.1 Å². The summed E-state index contributed by atoms with van der Waals surface area (Å²) in [5.41, 5.74) is 6.51. The zero-order valence-electron chi connectivity index (χ0n) is 8.09. The van der Waals surface area contributed by atoms with Crippen LogP contribution in [-0.2, 0) is 0 Å². The van der Waals surface area contributed by atoms with Crippen LogP contribution >= 0.6 is 0 Å². The number of rotatable bonds is 2. The van der Waals surface area contributed by atoms with Crippen LogP contribution in [0.4, 0.5) is 15.8 Å². The molecule has 1 saturated carbocycles. The molecule has 14 heavy (non-hydrogen) atoms. The Balaban J connectivity index is 2.08. The van der Waals surface area contributed by atoms with Gasteiger partial charge >= 0.3 is 0 Å². The fraction of sp³-hybridized carbons (Fsp3) is 0.455. The van der Waals surface area contributed by atoms with Gasteiger partial charge in [0.15, 0.2) is 0 Å². The Morgan fingerprint density at radius 3 is 2.64 bits per heavy atom. The number of benzene rings is 1. The third kappa shape index (κ3) is 1.97. The summed E-state index contributed by atoms with van der Waals surface area (Å²) in [6.45, 7) is 0. The van der Waals surface area contributed by atoms with Crippen molar-refractivity contribution >= 4 is 11.4 Å². The molecule has 0 amide bonds. The number of hydrogen-bond acceptors (Lipinski definition) is 2. The van der Waals surface area contributed by atoms with Gasteiger partial charge in [0.1, 0.15) is 5.82 Å². The van der Waals surface area contributed by atoms with Gasteiger partial charge in [-0.05, 0) is 31.0 Å². The summed E-state index contributed by atoms with van der Waals surface area (Å²) in [5.74, 6) is -0.253. The summed E-state index contributed by atoms with van der Waals surface area (Å²) in [7, 11) is 0. The lowest BCUT2D eigenvalue weighted by atomic mass is 10.2. The molecule has 2 rings (SSSR count). The van der Waals surface area contributed by atoms with Gasteiger partial charge in [-0.3, -0.25) is 0 Å². The van der Waals surface area contributed by atoms with Crippen molar-refractivity contribution < 1.29 is 4.39 Å². The number of hydrogen-bond donors (Lipinski definition) is 2. The van der Waals surface area contributed by atoms with Gasteiger partial charge in [0.2, 0.25) is 0 Å². The Bertz CT molecular complexity index is 319. The summed E-state index contributed by atoms with van der Waals surface area (Å²) in [6.07, 6.45) is 4.77. The van der Waals surface area contributed by atoms with Gasteiger partial charge in [0.25, 0.3) is 0 Å². The highest BCUT2D eigenvalue weighted by Gasteiger charge is 2.15. The topological polar surface area (TPSA) is 38.0 Å². The van der Waals surface area contributed by atoms with Crippen LogP contribution in [0.25, 0.3) is 0 Å². The SMILES string of the molecule is Nc1ccc(NC2CCCC2)c(F)c1. The summed E-state index contributed by atoms with van der Waals surface area (Å²) in [6, 6.07) is 5.23. The number of nitrogens with two attached hydrogens (primary N) is 1. The van der Waals surface area contributed by atoms with Crippen LogP contribution in [0.1, 0.15) is 25.7 Å². The lowest BCUT2D eigenvalue weighted by Crippen LogP contribution is -2.15. The van der Waals surface area contributed by atoms with Crippen LogP contribution in [0.3, 0.4) is 0 Å². The molecule has 0 aliphatic heterocycles. The Labute approximate surface area is 83.3 Å². The number of nitrogen functional groups attached to an aromatic ring is 1. The van der Waals surface area contributed by atoms with Gasteiger partial charge in [-0.15, -0.1) is 0 Å². The molecule has 76 valence electrons. The first-order valence-corrected chi connectivity index (χ1v) is 5.07. The molecule has 1 aliphatic rings. The standard InChI is InChI=1S/C11H15FN2/c12-10-7-8(13)5-6-11(10)14-9-3-1-2-4-9/h5-7,9,14H,1-4,13H2. The summed E-state index contributed by atoms with van der Waals surface area (Å²) in [5, 5.41) is 3.21. The lowest BCUT2D eigenvalue weighted by molar-refractivity contribution is 0.625. The van der Waals surface area contributed by atoms with Gasteiger partial charge in [-0.1, -0.05) is 12.8 Å². The molecule has 0 atom stereocenters. The molecule has 0 bridgehead atoms. The molecule has 0 unspecified atom stereocenters. The van der Waals surface area contributed by atoms with Crippen LogP contribution in [0, 0.1) is 5.82 Å². The second kappa shape index (κ2) is 3.86. The molecule has 1 fully saturated rings. The maximum Gasteiger partial charge on any atom is 0.148 e. The van der Waals surface area contributed by atoms with E-state index in [9.17, 15) is 4.39 Å². The Morgan fingerprint density at radius 1 is 1.29 bits per heavy atom. The van der Waals surface area contributed by atoms with E-state index in [1.165, 1.54) is 18.9 Å². The minimum Gasteiger partial charge on any atom is -0.399 e. The predicted molar refractivity (Wildman–Crippen MR) is 56.7 cm³/mol. The lowest BCUT2D eigenvalue weighted by Gasteiger charge is -2.14. The van der Waals surface area contributed by atoms with Crippen molar-refractivity contribution in [2.75, 3.05) is 11.1 Å². The molecule has 3 heteroatoms. The van der Waals surface area contributed by atoms with Crippen molar-refractivity contribution in [1.29, 1.82) is 0 Å². The third-order valence-electron chi connectivity index (χ3n) is 2.71. The highest BCUT2D eigenvalue weighted by atomic mass is 19.1. The van der Waals surface area contributed by atoms with Crippen molar-refractivity contribution in [3.05, 3.63) is 24.0 Å². The van der Waals surface area contributed by atoms with Crippen molar-refractivity contribution in [2.45, 2.75) is 31.7 Å². The first-order chi connectivity index (χ1) is 6.75. The highest BCUT2D eigenvalue weighted by Crippen LogP contribution is 2.24. The van der Waals surface area contributed by atoms with E-state index in [1.54, 1.807) is 12.1 Å². The summed E-state index contributed by atoms with van der Waals surface area (Å²) < 4.78 is 13.4. The molecule has 0 saturated heterocycles. The van der Waals surface area contributed by atoms with Crippen LogP contribution < -0.4 is 11.1 Å². The van der Waals surface area contributed by atoms with E-state index in [0.717, 1.165) is 12.8 Å². The molecule has 0 heterocycles. The van der Waals surface area contributed by atoms with Crippen molar-refractivity contribution in [1.82, 2.24) is 0 Å². The number of anilines is 2. The average molecular weight is 194 g/mol. The monoisotopic (exact) mass is 194 g/mol. The maximum atomic E-state index is 13.4. The second-order valence-corrected chi connectivity index (χ2v) is 3.87. The molecular weight excluding hydrogens is 179 g/mol. The minimum absolute atomic E-state index is 0.253. The molecule has 1 aliphatic carbocycles. The summed E-state index contributed by atoms with van der Waals surface area (Å²) >= 11 is 0. The summed E-state index contributed by atoms with van der Waals surface area (Å²) in [4.78, 5) is 0. The van der Waals surface area contributed by atoms with Crippen molar-refractivity contribution in [3.63, 3.8) is 0 Å². The zero-order valence-corrected chi connectivity index (χ0v) is 8.09. The quantitative estimate of drug-likeness (QED) is 0.710. The normalized spacial score (nSPS) is 17.2. The Kier molecular flexibility index (Phi) is 2.57. The fourth-order valence-electron chi connectivity index (χ4n) is 1.94. The minimum atomic E-state index is -0.253. The molecule has 3 N–H and O–H groups in total. The maximum absolute atomic E-state index is 13.4. The fourth-order valence-corrected chi connectivity index (χ4v) is 1.94. The third-order valence-corrected chi connectivity index (χ3v) is 2.71. The molecular formula is C11H15FN2. The van der Waals surface area contributed by atoms with Crippen LogP contribution in [0.15, 0.2) is 18.2 Å². The number of halogens is 1. The predicted octanol–water partition coefficient (Wildman–Crippen LogP) is 2.76. The van der Waals surface area contributed by atoms with Crippen LogP contribution in [0.2, 0.25) is 0 Å². The molecule has 1 aromatic carbocycles. The second-order valence-electron chi connectivity index (χ2n) is 3.87. The van der Waals surface area contributed by atoms with Gasteiger partial charge in [-0.25, -0.2) is 4.39 Å². The van der Waals surface area contributed by atoms with Gasteiger partial charge in [0, 0.05) is 11.7 Å². The molecule has 1 aromatic rings. The number of nitrogens with one attached hydrogen (secondary N) is 1. The Hall–Kier alpha value is -1.25. The van der Waals surface area contributed by atoms with E-state index in [0.29, 0.717) is 17.4 Å². The molecule has 0 radical (unpaired) electrons. The zero-order chi connectivity index (χ0) is 9.97. The van der Waals surface area contributed by atoms with E-state index in [4.69, 9.17) is 5.73 Å². The van der Waals surface area contributed by atoms with Crippen molar-refractivity contribution in [2.24, 2.45) is 0 Å². The largest absolute Gasteiger partial charge is 0.399 e. The van der Waals surface area contributed by atoms with Crippen LogP contribution in [-0.4, -0.2) is 6.04 Å². The smallest absolute Gasteiger partial charge is 0.148 e. The van der Waals surface area contributed by atoms with E-state index < -0.39 is 0 Å². The molecule has 2 nitrogen and oxygen atoms in total. The highest BCUT2D eigenvalue weighted by molar-refractivity contribution is 5.53. The molecule has 0 aromatic heterocycles. The van der Waals surface area contributed by atoms with Crippen molar-refractivity contribution in [3.8, 4) is 0 Å². The van der Waals surface area contributed by atoms with E-state index >= 15 is 0 Å².